The van der Waals surface area contributed by atoms with Crippen molar-refractivity contribution in [3.05, 3.63) is 35.4 Å². The van der Waals surface area contributed by atoms with Crippen LogP contribution in [-0.2, 0) is 10.2 Å². The highest BCUT2D eigenvalue weighted by Crippen LogP contribution is 2.47. The molecule has 5 heteroatoms. The number of carbonyl (C=O) groups is 2. The van der Waals surface area contributed by atoms with E-state index in [1.807, 2.05) is 12.1 Å². The lowest BCUT2D eigenvalue weighted by Gasteiger charge is -2.25. The summed E-state index contributed by atoms with van der Waals surface area (Å²) in [5.41, 5.74) is 1.21. The molecule has 1 saturated carbocycles. The lowest BCUT2D eigenvalue weighted by atomic mass is 9.96. The van der Waals surface area contributed by atoms with E-state index in [9.17, 15) is 14.9 Å². The van der Waals surface area contributed by atoms with Crippen LogP contribution in [-0.4, -0.2) is 35.8 Å². The molecule has 114 valence electrons. The van der Waals surface area contributed by atoms with Gasteiger partial charge in [0.05, 0.1) is 11.5 Å². The van der Waals surface area contributed by atoms with E-state index in [0.717, 1.165) is 24.8 Å². The number of nitrogens with one attached hydrogen (secondary N) is 1. The third kappa shape index (κ3) is 2.45. The second kappa shape index (κ2) is 5.45. The van der Waals surface area contributed by atoms with Crippen LogP contribution in [0.4, 0.5) is 0 Å². The quantitative estimate of drug-likeness (QED) is 0.901. The van der Waals surface area contributed by atoms with Gasteiger partial charge in [-0.15, -0.1) is 0 Å². The Bertz CT molecular complexity index is 641. The van der Waals surface area contributed by atoms with E-state index in [2.05, 4.69) is 11.4 Å². The van der Waals surface area contributed by atoms with Crippen molar-refractivity contribution in [3.63, 3.8) is 0 Å². The molecule has 0 bridgehead atoms. The van der Waals surface area contributed by atoms with Gasteiger partial charge in [0, 0.05) is 18.7 Å². The van der Waals surface area contributed by atoms with Crippen molar-refractivity contribution in [1.29, 1.82) is 5.26 Å². The number of amides is 2. The molecule has 0 aromatic heterocycles. The number of hydrogen-bond donors (Lipinski definition) is 1. The Labute approximate surface area is 129 Å². The SMILES string of the molecule is CC1C(=O)NCCCN1C(=O)c1ccc(C2(C#N)CC2)cc1. The molecule has 1 N–H and O–H groups in total. The second-order valence-electron chi connectivity index (χ2n) is 6.09. The number of hydrogen-bond acceptors (Lipinski definition) is 3. The Kier molecular flexibility index (Phi) is 3.61. The van der Waals surface area contributed by atoms with Gasteiger partial charge in [0.2, 0.25) is 5.91 Å². The van der Waals surface area contributed by atoms with E-state index in [-0.39, 0.29) is 17.2 Å². The molecule has 1 atom stereocenters. The van der Waals surface area contributed by atoms with Crippen LogP contribution in [0.5, 0.6) is 0 Å². The Morgan fingerprint density at radius 1 is 1.36 bits per heavy atom. The van der Waals surface area contributed by atoms with Crippen molar-refractivity contribution in [2.45, 2.75) is 37.6 Å². The highest BCUT2D eigenvalue weighted by Gasteiger charge is 2.44. The minimum absolute atomic E-state index is 0.108. The zero-order chi connectivity index (χ0) is 15.7. The molecule has 0 spiro atoms. The summed E-state index contributed by atoms with van der Waals surface area (Å²) in [6.45, 7) is 2.93. The molecule has 0 radical (unpaired) electrons. The van der Waals surface area contributed by atoms with E-state index in [0.29, 0.717) is 18.7 Å². The second-order valence-corrected chi connectivity index (χ2v) is 6.09. The summed E-state index contributed by atoms with van der Waals surface area (Å²) >= 11 is 0. The Balaban J connectivity index is 1.80. The molecule has 2 aliphatic rings. The van der Waals surface area contributed by atoms with E-state index in [1.165, 1.54) is 0 Å². The van der Waals surface area contributed by atoms with Gasteiger partial charge in [-0.2, -0.15) is 5.26 Å². The smallest absolute Gasteiger partial charge is 0.254 e. The van der Waals surface area contributed by atoms with Crippen LogP contribution in [0.25, 0.3) is 0 Å². The summed E-state index contributed by atoms with van der Waals surface area (Å²) in [5.74, 6) is -0.234. The van der Waals surface area contributed by atoms with Crippen LogP contribution in [0.1, 0.15) is 42.1 Å². The summed E-state index contributed by atoms with van der Waals surface area (Å²) in [5, 5.41) is 12.0. The predicted molar refractivity (Wildman–Crippen MR) is 81.1 cm³/mol. The van der Waals surface area contributed by atoms with Crippen molar-refractivity contribution >= 4 is 11.8 Å². The molecule has 1 aromatic rings. The molecular weight excluding hydrogens is 278 g/mol. The van der Waals surface area contributed by atoms with Crippen LogP contribution in [0, 0.1) is 11.3 Å². The fraction of sp³-hybridized carbons (Fsp3) is 0.471. The van der Waals surface area contributed by atoms with Crippen molar-refractivity contribution in [2.24, 2.45) is 0 Å². The van der Waals surface area contributed by atoms with E-state index < -0.39 is 6.04 Å². The number of nitrogens with zero attached hydrogens (tertiary/aromatic N) is 2. The van der Waals surface area contributed by atoms with Crippen LogP contribution < -0.4 is 5.32 Å². The predicted octanol–water partition coefficient (Wildman–Crippen LogP) is 1.59. The first-order valence-corrected chi connectivity index (χ1v) is 7.68. The molecule has 2 fully saturated rings. The summed E-state index contributed by atoms with van der Waals surface area (Å²) in [6, 6.07) is 9.17. The van der Waals surface area contributed by atoms with Crippen molar-refractivity contribution in [1.82, 2.24) is 10.2 Å². The maximum absolute atomic E-state index is 12.6. The van der Waals surface area contributed by atoms with Gasteiger partial charge in [0.25, 0.3) is 5.91 Å². The molecule has 2 amide bonds. The number of benzene rings is 1. The molecule has 1 aliphatic heterocycles. The Morgan fingerprint density at radius 3 is 2.64 bits per heavy atom. The standard InChI is InChI=1S/C17H19N3O2/c1-12-15(21)19-9-2-10-20(12)16(22)13-3-5-14(6-4-13)17(11-18)7-8-17/h3-6,12H,2,7-10H2,1H3,(H,19,21). The Morgan fingerprint density at radius 2 is 2.05 bits per heavy atom. The molecule has 1 aliphatic carbocycles. The van der Waals surface area contributed by atoms with Crippen LogP contribution in [0.15, 0.2) is 24.3 Å². The maximum atomic E-state index is 12.6. The van der Waals surface area contributed by atoms with Crippen LogP contribution in [0.3, 0.4) is 0 Å². The fourth-order valence-corrected chi connectivity index (χ4v) is 2.91. The summed E-state index contributed by atoms with van der Waals surface area (Å²) in [4.78, 5) is 26.1. The average molecular weight is 297 g/mol. The number of nitriles is 1. The fourth-order valence-electron chi connectivity index (χ4n) is 2.91. The van der Waals surface area contributed by atoms with Crippen molar-refractivity contribution in [2.75, 3.05) is 13.1 Å². The third-order valence-corrected chi connectivity index (χ3v) is 4.63. The Hall–Kier alpha value is -2.35. The van der Waals surface area contributed by atoms with Crippen LogP contribution in [0.2, 0.25) is 0 Å². The minimum atomic E-state index is -0.455. The molecule has 1 aromatic carbocycles. The lowest BCUT2D eigenvalue weighted by Crippen LogP contribution is -2.45. The maximum Gasteiger partial charge on any atom is 0.254 e. The van der Waals surface area contributed by atoms with Gasteiger partial charge >= 0.3 is 0 Å². The third-order valence-electron chi connectivity index (χ3n) is 4.63. The molecule has 5 nitrogen and oxygen atoms in total. The largest absolute Gasteiger partial charge is 0.354 e. The number of carbonyl (C=O) groups excluding carboxylic acids is 2. The van der Waals surface area contributed by atoms with E-state index in [4.69, 9.17) is 0 Å². The van der Waals surface area contributed by atoms with E-state index in [1.54, 1.807) is 24.0 Å². The van der Waals surface area contributed by atoms with Crippen molar-refractivity contribution < 1.29 is 9.59 Å². The average Bonchev–Trinajstić information content (AvgIpc) is 3.35. The van der Waals surface area contributed by atoms with Gasteiger partial charge in [-0.1, -0.05) is 12.1 Å². The number of rotatable bonds is 2. The highest BCUT2D eigenvalue weighted by atomic mass is 16.2. The molecule has 1 heterocycles. The van der Waals surface area contributed by atoms with Gasteiger partial charge in [-0.05, 0) is 43.9 Å². The first-order valence-electron chi connectivity index (χ1n) is 7.68. The first kappa shape index (κ1) is 14.6. The molecule has 3 rings (SSSR count). The van der Waals surface area contributed by atoms with Crippen molar-refractivity contribution in [3.8, 4) is 6.07 Å². The van der Waals surface area contributed by atoms with Crippen LogP contribution >= 0.6 is 0 Å². The van der Waals surface area contributed by atoms with Gasteiger partial charge in [-0.25, -0.2) is 0 Å². The normalized spacial score (nSPS) is 23.2. The minimum Gasteiger partial charge on any atom is -0.354 e. The molecular formula is C17H19N3O2. The van der Waals surface area contributed by atoms with Gasteiger partial charge < -0.3 is 10.2 Å². The zero-order valence-electron chi connectivity index (χ0n) is 12.6. The zero-order valence-corrected chi connectivity index (χ0v) is 12.6. The van der Waals surface area contributed by atoms with E-state index >= 15 is 0 Å². The summed E-state index contributed by atoms with van der Waals surface area (Å²) in [7, 11) is 0. The monoisotopic (exact) mass is 297 g/mol. The first-order chi connectivity index (χ1) is 10.6. The summed E-state index contributed by atoms with van der Waals surface area (Å²) < 4.78 is 0. The molecule has 1 unspecified atom stereocenters. The van der Waals surface area contributed by atoms with Gasteiger partial charge in [-0.3, -0.25) is 9.59 Å². The topological polar surface area (TPSA) is 73.2 Å². The van der Waals surface area contributed by atoms with Gasteiger partial charge in [0.1, 0.15) is 6.04 Å². The molecule has 1 saturated heterocycles. The highest BCUT2D eigenvalue weighted by molar-refractivity contribution is 5.97. The van der Waals surface area contributed by atoms with Gasteiger partial charge in [0.15, 0.2) is 0 Å². The molecule has 22 heavy (non-hydrogen) atoms. The summed E-state index contributed by atoms with van der Waals surface area (Å²) in [6.07, 6.45) is 2.54. The lowest BCUT2D eigenvalue weighted by molar-refractivity contribution is -0.124.